The van der Waals surface area contributed by atoms with Gasteiger partial charge in [-0.2, -0.15) is 0 Å². The van der Waals surface area contributed by atoms with E-state index in [-0.39, 0.29) is 30.1 Å². The lowest BCUT2D eigenvalue weighted by atomic mass is 9.83. The van der Waals surface area contributed by atoms with Crippen molar-refractivity contribution in [3.63, 3.8) is 0 Å². The van der Waals surface area contributed by atoms with Crippen LogP contribution in [-0.4, -0.2) is 51.1 Å². The van der Waals surface area contributed by atoms with Gasteiger partial charge in [-0.15, -0.1) is 0 Å². The zero-order valence-electron chi connectivity index (χ0n) is 9.15. The summed E-state index contributed by atoms with van der Waals surface area (Å²) in [5.41, 5.74) is 0. The Hall–Kier alpha value is -0.490. The van der Waals surface area contributed by atoms with Gasteiger partial charge in [0.15, 0.2) is 0 Å². The van der Waals surface area contributed by atoms with Gasteiger partial charge in [0.25, 0.3) is 0 Å². The summed E-state index contributed by atoms with van der Waals surface area (Å²) in [6.45, 7) is 1.49. The van der Waals surface area contributed by atoms with Crippen molar-refractivity contribution in [3.05, 3.63) is 0 Å². The Balaban J connectivity index is 2.18. The largest absolute Gasteiger partial charge is 0.396 e. The molecule has 0 spiro atoms. The lowest BCUT2D eigenvalue weighted by Crippen LogP contribution is -2.49. The Morgan fingerprint density at radius 1 is 1.06 bits per heavy atom. The smallest absolute Gasteiger partial charge is 0.136 e. The van der Waals surface area contributed by atoms with Crippen molar-refractivity contribution in [1.29, 1.82) is 0 Å². The summed E-state index contributed by atoms with van der Waals surface area (Å²) in [5, 5.41) is 38.2. The van der Waals surface area contributed by atoms with Gasteiger partial charge in [-0.3, -0.25) is 4.79 Å². The highest BCUT2D eigenvalue weighted by molar-refractivity contribution is 5.84. The molecule has 0 radical (unpaired) electrons. The molecular weight excluding hydrogens is 212 g/mol. The maximum absolute atomic E-state index is 11.6. The molecule has 0 aliphatic heterocycles. The lowest BCUT2D eigenvalue weighted by Gasteiger charge is -2.33. The van der Waals surface area contributed by atoms with Gasteiger partial charge in [-0.05, 0) is 5.92 Å². The van der Waals surface area contributed by atoms with Gasteiger partial charge in [0.1, 0.15) is 11.9 Å². The molecule has 0 aromatic heterocycles. The summed E-state index contributed by atoms with van der Waals surface area (Å²) in [5.74, 6) is -1.23. The number of carbonyl (C=O) groups excluding carboxylic acids is 1. The van der Waals surface area contributed by atoms with Crippen LogP contribution in [0.5, 0.6) is 0 Å². The van der Waals surface area contributed by atoms with Gasteiger partial charge in [0, 0.05) is 30.8 Å². The van der Waals surface area contributed by atoms with Gasteiger partial charge < -0.3 is 20.4 Å². The number of Topliss-reactive ketones (excluding diaryl/α,β-unsaturated/α-hetero) is 1. The minimum absolute atomic E-state index is 0.0359. The minimum atomic E-state index is -1.26. The van der Waals surface area contributed by atoms with Crippen LogP contribution in [0.25, 0.3) is 0 Å². The van der Waals surface area contributed by atoms with E-state index in [1.807, 2.05) is 0 Å². The standard InChI is InChI=1S/C11H18O5/c1-2-5(13)7-6-4(3-12)9(14)11(16)10(15)8(6)7/h4,6-12,14-16H,2-3H2,1H3/t4-,6-,7-,8-,9+,10-,11-/m0/s1. The highest BCUT2D eigenvalue weighted by Gasteiger charge is 2.66. The molecule has 0 unspecified atom stereocenters. The molecule has 0 saturated heterocycles. The van der Waals surface area contributed by atoms with Crippen LogP contribution in [0.1, 0.15) is 13.3 Å². The Labute approximate surface area is 93.7 Å². The van der Waals surface area contributed by atoms with Crippen molar-refractivity contribution in [3.8, 4) is 0 Å². The average Bonchev–Trinajstić information content (AvgIpc) is 3.01. The van der Waals surface area contributed by atoms with Gasteiger partial charge in [0.05, 0.1) is 12.2 Å². The van der Waals surface area contributed by atoms with Gasteiger partial charge in [-0.25, -0.2) is 0 Å². The minimum Gasteiger partial charge on any atom is -0.396 e. The van der Waals surface area contributed by atoms with E-state index in [1.165, 1.54) is 0 Å². The van der Waals surface area contributed by atoms with E-state index < -0.39 is 24.2 Å². The number of aliphatic hydroxyl groups excluding tert-OH is 4. The van der Waals surface area contributed by atoms with E-state index in [0.717, 1.165) is 0 Å². The maximum atomic E-state index is 11.6. The Morgan fingerprint density at radius 2 is 1.69 bits per heavy atom. The normalized spacial score (nSPS) is 50.9. The second-order valence-electron chi connectivity index (χ2n) is 4.82. The number of aliphatic hydroxyl groups is 4. The fraction of sp³-hybridized carbons (Fsp3) is 0.909. The second kappa shape index (κ2) is 4.07. The number of ketones is 1. The van der Waals surface area contributed by atoms with Crippen LogP contribution >= 0.6 is 0 Å². The van der Waals surface area contributed by atoms with Gasteiger partial charge in [0.2, 0.25) is 0 Å². The summed E-state index contributed by atoms with van der Waals surface area (Å²) in [6.07, 6.45) is -3.07. The first-order valence-corrected chi connectivity index (χ1v) is 5.72. The molecule has 2 rings (SSSR count). The molecule has 2 aliphatic carbocycles. The summed E-state index contributed by atoms with van der Waals surface area (Å²) >= 11 is 0. The first-order chi connectivity index (χ1) is 7.54. The molecule has 2 fully saturated rings. The van der Waals surface area contributed by atoms with Crippen LogP contribution in [0.4, 0.5) is 0 Å². The summed E-state index contributed by atoms with van der Waals surface area (Å²) in [4.78, 5) is 11.6. The summed E-state index contributed by atoms with van der Waals surface area (Å²) < 4.78 is 0. The van der Waals surface area contributed by atoms with Crippen molar-refractivity contribution in [2.75, 3.05) is 6.61 Å². The third-order valence-corrected chi connectivity index (χ3v) is 4.09. The number of rotatable bonds is 3. The highest BCUT2D eigenvalue weighted by atomic mass is 16.4. The summed E-state index contributed by atoms with van der Waals surface area (Å²) in [6, 6.07) is 0. The van der Waals surface area contributed by atoms with E-state index in [1.54, 1.807) is 6.92 Å². The predicted molar refractivity (Wildman–Crippen MR) is 54.4 cm³/mol. The third kappa shape index (κ3) is 1.50. The van der Waals surface area contributed by atoms with Crippen molar-refractivity contribution in [1.82, 2.24) is 0 Å². The molecule has 0 aromatic carbocycles. The molecule has 5 nitrogen and oxygen atoms in total. The molecule has 2 aliphatic rings. The molecule has 16 heavy (non-hydrogen) atoms. The molecular formula is C11H18O5. The van der Waals surface area contributed by atoms with Crippen LogP contribution in [0.3, 0.4) is 0 Å². The quantitative estimate of drug-likeness (QED) is 0.474. The van der Waals surface area contributed by atoms with Crippen molar-refractivity contribution < 1.29 is 25.2 Å². The number of fused-ring (bicyclic) bond motifs is 1. The molecule has 7 atom stereocenters. The Morgan fingerprint density at radius 3 is 2.19 bits per heavy atom. The molecule has 4 N–H and O–H groups in total. The molecule has 2 saturated carbocycles. The number of carbonyl (C=O) groups is 1. The van der Waals surface area contributed by atoms with Crippen LogP contribution in [0.2, 0.25) is 0 Å². The van der Waals surface area contributed by atoms with Crippen molar-refractivity contribution in [2.24, 2.45) is 23.7 Å². The van der Waals surface area contributed by atoms with E-state index in [9.17, 15) is 25.2 Å². The summed E-state index contributed by atoms with van der Waals surface area (Å²) in [7, 11) is 0. The third-order valence-electron chi connectivity index (χ3n) is 4.09. The fourth-order valence-electron chi connectivity index (χ4n) is 3.16. The number of hydrogen-bond acceptors (Lipinski definition) is 5. The number of hydrogen-bond donors (Lipinski definition) is 4. The van der Waals surface area contributed by atoms with E-state index in [2.05, 4.69) is 0 Å². The average molecular weight is 230 g/mol. The lowest BCUT2D eigenvalue weighted by molar-refractivity contribution is -0.123. The zero-order chi connectivity index (χ0) is 12.0. The van der Waals surface area contributed by atoms with Crippen LogP contribution < -0.4 is 0 Å². The fourth-order valence-corrected chi connectivity index (χ4v) is 3.16. The Kier molecular flexibility index (Phi) is 3.05. The van der Waals surface area contributed by atoms with Crippen molar-refractivity contribution in [2.45, 2.75) is 31.7 Å². The molecule has 0 amide bonds. The maximum Gasteiger partial charge on any atom is 0.136 e. The first-order valence-electron chi connectivity index (χ1n) is 5.72. The molecule has 92 valence electrons. The van der Waals surface area contributed by atoms with E-state index >= 15 is 0 Å². The molecule has 0 aromatic rings. The molecule has 5 heteroatoms. The van der Waals surface area contributed by atoms with Crippen LogP contribution in [0, 0.1) is 23.7 Å². The predicted octanol–water partition coefficient (Wildman–Crippen LogP) is -1.47. The second-order valence-corrected chi connectivity index (χ2v) is 4.82. The Bertz CT molecular complexity index is 292. The van der Waals surface area contributed by atoms with Crippen LogP contribution in [0.15, 0.2) is 0 Å². The van der Waals surface area contributed by atoms with Gasteiger partial charge in [-0.1, -0.05) is 6.92 Å². The van der Waals surface area contributed by atoms with Crippen LogP contribution in [-0.2, 0) is 4.79 Å². The molecule has 0 bridgehead atoms. The first kappa shape index (κ1) is 12.0. The SMILES string of the molecule is CCC(=O)[C@@H]1[C@H]2[C@H](O)[C@@H](O)[C@H](O)[C@@H](CO)[C@@H]12. The topological polar surface area (TPSA) is 98.0 Å². The molecule has 0 heterocycles. The zero-order valence-corrected chi connectivity index (χ0v) is 9.15. The van der Waals surface area contributed by atoms with E-state index in [0.29, 0.717) is 6.42 Å². The monoisotopic (exact) mass is 230 g/mol. The van der Waals surface area contributed by atoms with E-state index in [4.69, 9.17) is 0 Å². The highest BCUT2D eigenvalue weighted by Crippen LogP contribution is 2.58. The van der Waals surface area contributed by atoms with Gasteiger partial charge >= 0.3 is 0 Å². The van der Waals surface area contributed by atoms with Crippen molar-refractivity contribution >= 4 is 5.78 Å².